The number of carbonyl (C=O) groups excluding carboxylic acids is 3. The average molecular weight is 494 g/mol. The van der Waals surface area contributed by atoms with E-state index in [1.165, 1.54) is 0 Å². The van der Waals surface area contributed by atoms with E-state index in [-0.39, 0.29) is 36.9 Å². The van der Waals surface area contributed by atoms with E-state index in [0.29, 0.717) is 80.1 Å². The van der Waals surface area contributed by atoms with Crippen molar-refractivity contribution in [3.8, 4) is 23.0 Å². The van der Waals surface area contributed by atoms with Gasteiger partial charge in [0.25, 0.3) is 0 Å². The van der Waals surface area contributed by atoms with Gasteiger partial charge in [-0.2, -0.15) is 0 Å². The van der Waals surface area contributed by atoms with Gasteiger partial charge in [-0.15, -0.1) is 0 Å². The number of nitrogens with zero attached hydrogens (tertiary/aromatic N) is 2. The summed E-state index contributed by atoms with van der Waals surface area (Å²) in [5.41, 5.74) is 1.37. The standard InChI is InChI=1S/C26H27N3O7/c30-24-11-17(14-29(24)19-2-4-20-23(13-19)34-10-9-33-20)26(32)28-7-5-16(6-8-28)25(31)27-18-1-3-21-22(12-18)36-15-35-21/h1-4,12-13,16-17H,5-11,14-15H2,(H,27,31). The first kappa shape index (κ1) is 22.5. The Bertz CT molecular complexity index is 1210. The molecule has 1 unspecified atom stereocenters. The Hall–Kier alpha value is -3.95. The quantitative estimate of drug-likeness (QED) is 0.697. The number of nitrogens with one attached hydrogen (secondary N) is 1. The van der Waals surface area contributed by atoms with Crippen LogP contribution in [0, 0.1) is 11.8 Å². The molecule has 1 N–H and O–H groups in total. The predicted molar refractivity (Wildman–Crippen MR) is 128 cm³/mol. The van der Waals surface area contributed by atoms with Crippen molar-refractivity contribution in [2.45, 2.75) is 19.3 Å². The fourth-order valence-electron chi connectivity index (χ4n) is 5.16. The normalized spacial score (nSPS) is 21.0. The highest BCUT2D eigenvalue weighted by molar-refractivity contribution is 6.00. The highest BCUT2D eigenvalue weighted by atomic mass is 16.7. The number of hydrogen-bond donors (Lipinski definition) is 1. The number of amides is 3. The van der Waals surface area contributed by atoms with Gasteiger partial charge in [-0.25, -0.2) is 0 Å². The molecule has 0 bridgehead atoms. The molecule has 0 aliphatic carbocycles. The van der Waals surface area contributed by atoms with Crippen LogP contribution in [-0.2, 0) is 14.4 Å². The molecule has 188 valence electrons. The monoisotopic (exact) mass is 493 g/mol. The van der Waals surface area contributed by atoms with Gasteiger partial charge < -0.3 is 34.1 Å². The first-order valence-electron chi connectivity index (χ1n) is 12.2. The van der Waals surface area contributed by atoms with Crippen molar-refractivity contribution in [3.63, 3.8) is 0 Å². The lowest BCUT2D eigenvalue weighted by Gasteiger charge is -2.33. The van der Waals surface area contributed by atoms with E-state index in [1.54, 1.807) is 40.1 Å². The topological polar surface area (TPSA) is 107 Å². The largest absolute Gasteiger partial charge is 0.486 e. The number of benzene rings is 2. The van der Waals surface area contributed by atoms with Crippen molar-refractivity contribution < 1.29 is 33.3 Å². The molecule has 6 rings (SSSR count). The fraction of sp³-hybridized carbons (Fsp3) is 0.423. The summed E-state index contributed by atoms with van der Waals surface area (Å²) in [6.45, 7) is 2.47. The molecule has 2 fully saturated rings. The van der Waals surface area contributed by atoms with E-state index < -0.39 is 5.92 Å². The lowest BCUT2D eigenvalue weighted by Crippen LogP contribution is -2.44. The first-order valence-corrected chi connectivity index (χ1v) is 12.2. The summed E-state index contributed by atoms with van der Waals surface area (Å²) in [5, 5.41) is 2.94. The number of carbonyl (C=O) groups is 3. The maximum Gasteiger partial charge on any atom is 0.231 e. The molecule has 3 amide bonds. The van der Waals surface area contributed by atoms with Crippen molar-refractivity contribution in [1.29, 1.82) is 0 Å². The fourth-order valence-corrected chi connectivity index (χ4v) is 5.16. The third-order valence-electron chi connectivity index (χ3n) is 7.13. The molecule has 0 spiro atoms. The van der Waals surface area contributed by atoms with E-state index in [2.05, 4.69) is 5.32 Å². The van der Waals surface area contributed by atoms with Crippen molar-refractivity contribution >= 4 is 29.1 Å². The Balaban J connectivity index is 1.03. The Kier molecular flexibility index (Phi) is 5.79. The smallest absolute Gasteiger partial charge is 0.231 e. The molecule has 10 nitrogen and oxygen atoms in total. The van der Waals surface area contributed by atoms with Crippen LogP contribution in [0.5, 0.6) is 23.0 Å². The maximum atomic E-state index is 13.2. The third-order valence-corrected chi connectivity index (χ3v) is 7.13. The molecule has 10 heteroatoms. The minimum Gasteiger partial charge on any atom is -0.486 e. The number of fused-ring (bicyclic) bond motifs is 2. The van der Waals surface area contributed by atoms with Gasteiger partial charge in [0.15, 0.2) is 23.0 Å². The van der Waals surface area contributed by atoms with Crippen LogP contribution in [0.3, 0.4) is 0 Å². The van der Waals surface area contributed by atoms with Crippen molar-refractivity contribution in [1.82, 2.24) is 4.90 Å². The summed E-state index contributed by atoms with van der Waals surface area (Å²) in [7, 11) is 0. The number of hydrogen-bond acceptors (Lipinski definition) is 7. The summed E-state index contributed by atoms with van der Waals surface area (Å²) in [4.78, 5) is 42.2. The van der Waals surface area contributed by atoms with Crippen LogP contribution in [0.1, 0.15) is 19.3 Å². The number of anilines is 2. The molecule has 2 saturated heterocycles. The number of rotatable bonds is 4. The molecular formula is C26H27N3O7. The van der Waals surface area contributed by atoms with E-state index >= 15 is 0 Å². The molecule has 36 heavy (non-hydrogen) atoms. The zero-order chi connectivity index (χ0) is 24.6. The lowest BCUT2D eigenvalue weighted by atomic mass is 9.94. The summed E-state index contributed by atoms with van der Waals surface area (Å²) >= 11 is 0. The number of ether oxygens (including phenoxy) is 4. The van der Waals surface area contributed by atoms with Gasteiger partial charge in [0.2, 0.25) is 24.5 Å². The van der Waals surface area contributed by atoms with Crippen LogP contribution in [0.4, 0.5) is 11.4 Å². The molecule has 2 aromatic carbocycles. The minimum absolute atomic E-state index is 0.0296. The Morgan fingerprint density at radius 1 is 0.833 bits per heavy atom. The molecule has 1 atom stereocenters. The van der Waals surface area contributed by atoms with Gasteiger partial charge in [-0.05, 0) is 37.1 Å². The summed E-state index contributed by atoms with van der Waals surface area (Å²) in [6, 6.07) is 10.7. The molecule has 0 saturated carbocycles. The van der Waals surface area contributed by atoms with Gasteiger partial charge in [0.05, 0.1) is 5.92 Å². The number of piperidine rings is 1. The molecule has 4 aliphatic heterocycles. The van der Waals surface area contributed by atoms with E-state index in [4.69, 9.17) is 18.9 Å². The zero-order valence-electron chi connectivity index (χ0n) is 19.7. The van der Waals surface area contributed by atoms with Gasteiger partial charge in [0.1, 0.15) is 13.2 Å². The van der Waals surface area contributed by atoms with Crippen molar-refractivity contribution in [2.24, 2.45) is 11.8 Å². The van der Waals surface area contributed by atoms with Crippen molar-refractivity contribution in [2.75, 3.05) is 49.9 Å². The van der Waals surface area contributed by atoms with Crippen LogP contribution >= 0.6 is 0 Å². The Morgan fingerprint density at radius 2 is 1.53 bits per heavy atom. The Labute approximate surface area is 208 Å². The van der Waals surface area contributed by atoms with Gasteiger partial charge in [-0.3, -0.25) is 14.4 Å². The molecule has 4 heterocycles. The third kappa shape index (κ3) is 4.27. The van der Waals surface area contributed by atoms with Gasteiger partial charge in [0, 0.05) is 55.5 Å². The molecule has 0 aromatic heterocycles. The van der Waals surface area contributed by atoms with Crippen LogP contribution in [-0.4, -0.2) is 62.3 Å². The van der Waals surface area contributed by atoms with Gasteiger partial charge in [-0.1, -0.05) is 0 Å². The van der Waals surface area contributed by atoms with E-state index in [9.17, 15) is 14.4 Å². The zero-order valence-corrected chi connectivity index (χ0v) is 19.7. The molecule has 2 aromatic rings. The first-order chi connectivity index (χ1) is 17.5. The van der Waals surface area contributed by atoms with Crippen molar-refractivity contribution in [3.05, 3.63) is 36.4 Å². The minimum atomic E-state index is -0.398. The maximum absolute atomic E-state index is 13.2. The second-order valence-electron chi connectivity index (χ2n) is 9.39. The SMILES string of the molecule is O=C(Nc1ccc2c(c1)OCO2)C1CCN(C(=O)C2CC(=O)N(c3ccc4c(c3)OCCO4)C2)CC1. The molecular weight excluding hydrogens is 466 g/mol. The van der Waals surface area contributed by atoms with Crippen LogP contribution < -0.4 is 29.2 Å². The lowest BCUT2D eigenvalue weighted by molar-refractivity contribution is -0.138. The van der Waals surface area contributed by atoms with Crippen LogP contribution in [0.25, 0.3) is 0 Å². The van der Waals surface area contributed by atoms with Crippen LogP contribution in [0.2, 0.25) is 0 Å². The van der Waals surface area contributed by atoms with E-state index in [0.717, 1.165) is 0 Å². The van der Waals surface area contributed by atoms with Gasteiger partial charge >= 0.3 is 0 Å². The summed E-state index contributed by atoms with van der Waals surface area (Å²) in [5.74, 6) is 1.80. The summed E-state index contributed by atoms with van der Waals surface area (Å²) < 4.78 is 21.9. The van der Waals surface area contributed by atoms with E-state index in [1.807, 2.05) is 6.07 Å². The summed E-state index contributed by atoms with van der Waals surface area (Å²) in [6.07, 6.45) is 1.33. The highest BCUT2D eigenvalue weighted by Crippen LogP contribution is 2.37. The average Bonchev–Trinajstić information content (AvgIpc) is 3.54. The van der Waals surface area contributed by atoms with Crippen LogP contribution in [0.15, 0.2) is 36.4 Å². The molecule has 4 aliphatic rings. The second-order valence-corrected chi connectivity index (χ2v) is 9.39. The molecule has 0 radical (unpaired) electrons. The Morgan fingerprint density at radius 3 is 2.36 bits per heavy atom. The number of likely N-dealkylation sites (tertiary alicyclic amines) is 1. The second kappa shape index (κ2) is 9.25. The highest BCUT2D eigenvalue weighted by Gasteiger charge is 2.39. The predicted octanol–water partition coefficient (Wildman–Crippen LogP) is 2.42.